The van der Waals surface area contributed by atoms with Gasteiger partial charge in [-0.25, -0.2) is 0 Å². The molecule has 1 fully saturated rings. The molecule has 1 saturated carbocycles. The Bertz CT molecular complexity index is 540. The number of carbonyl (C=O) groups excluding carboxylic acids is 1. The van der Waals surface area contributed by atoms with E-state index in [4.69, 9.17) is 5.11 Å². The number of aliphatic carboxylic acids is 1. The molecule has 5 nitrogen and oxygen atoms in total. The van der Waals surface area contributed by atoms with E-state index in [1.54, 1.807) is 6.92 Å². The summed E-state index contributed by atoms with van der Waals surface area (Å²) in [4.78, 5) is 23.6. The molecule has 0 aliphatic heterocycles. The minimum atomic E-state index is -3.01. The highest BCUT2D eigenvalue weighted by atomic mass is 32.1. The maximum absolute atomic E-state index is 12.2. The SMILES string of the molecule is Cc1cc(OC(F)F)c(C(=O)NCC2(C(=O)O)CC2)s1. The fourth-order valence-electron chi connectivity index (χ4n) is 1.78. The van der Waals surface area contributed by atoms with Crippen LogP contribution < -0.4 is 10.1 Å². The van der Waals surface area contributed by atoms with Crippen molar-refractivity contribution >= 4 is 23.2 Å². The number of amides is 1. The number of nitrogens with one attached hydrogen (secondary N) is 1. The van der Waals surface area contributed by atoms with E-state index < -0.39 is 23.9 Å². The summed E-state index contributed by atoms with van der Waals surface area (Å²) in [6.07, 6.45) is 1.01. The van der Waals surface area contributed by atoms with Crippen LogP contribution in [0, 0.1) is 12.3 Å². The lowest BCUT2D eigenvalue weighted by Gasteiger charge is -2.11. The molecule has 0 unspecified atom stereocenters. The van der Waals surface area contributed by atoms with Gasteiger partial charge in [-0.15, -0.1) is 11.3 Å². The van der Waals surface area contributed by atoms with Gasteiger partial charge in [0, 0.05) is 11.4 Å². The lowest BCUT2D eigenvalue weighted by atomic mass is 10.1. The largest absolute Gasteiger partial charge is 0.481 e. The molecular weight excluding hydrogens is 292 g/mol. The van der Waals surface area contributed by atoms with Crippen LogP contribution in [0.25, 0.3) is 0 Å². The van der Waals surface area contributed by atoms with E-state index in [0.29, 0.717) is 17.7 Å². The maximum Gasteiger partial charge on any atom is 0.387 e. The average Bonchev–Trinajstić information content (AvgIpc) is 3.05. The van der Waals surface area contributed by atoms with Crippen LogP contribution in [-0.4, -0.2) is 30.1 Å². The van der Waals surface area contributed by atoms with E-state index in [2.05, 4.69) is 10.1 Å². The van der Waals surface area contributed by atoms with E-state index in [1.165, 1.54) is 6.07 Å². The molecule has 1 amide bonds. The number of hydrogen-bond acceptors (Lipinski definition) is 4. The molecule has 0 bridgehead atoms. The molecule has 8 heteroatoms. The minimum absolute atomic E-state index is 0.00771. The molecule has 0 atom stereocenters. The van der Waals surface area contributed by atoms with Gasteiger partial charge in [-0.3, -0.25) is 9.59 Å². The normalized spacial score (nSPS) is 16.0. The van der Waals surface area contributed by atoms with E-state index in [-0.39, 0.29) is 17.2 Å². The molecule has 0 radical (unpaired) electrons. The molecule has 0 saturated heterocycles. The Hall–Kier alpha value is -1.70. The highest BCUT2D eigenvalue weighted by molar-refractivity contribution is 7.14. The number of alkyl halides is 2. The van der Waals surface area contributed by atoms with Crippen LogP contribution >= 0.6 is 11.3 Å². The van der Waals surface area contributed by atoms with Gasteiger partial charge in [-0.05, 0) is 25.8 Å². The fraction of sp³-hybridized carbons (Fsp3) is 0.500. The summed E-state index contributed by atoms with van der Waals surface area (Å²) >= 11 is 1.03. The predicted molar refractivity (Wildman–Crippen MR) is 67.3 cm³/mol. The van der Waals surface area contributed by atoms with Crippen molar-refractivity contribution in [1.29, 1.82) is 0 Å². The third-order valence-corrected chi connectivity index (χ3v) is 4.17. The van der Waals surface area contributed by atoms with Gasteiger partial charge in [0.1, 0.15) is 10.6 Å². The molecule has 1 aromatic rings. The highest BCUT2D eigenvalue weighted by Gasteiger charge is 2.50. The van der Waals surface area contributed by atoms with Gasteiger partial charge in [0.15, 0.2) is 0 Å². The number of ether oxygens (including phenoxy) is 1. The van der Waals surface area contributed by atoms with Gasteiger partial charge in [0.25, 0.3) is 5.91 Å². The summed E-state index contributed by atoms with van der Waals surface area (Å²) in [6, 6.07) is 1.36. The second-order valence-electron chi connectivity index (χ2n) is 4.70. The van der Waals surface area contributed by atoms with E-state index in [0.717, 1.165) is 11.3 Å². The van der Waals surface area contributed by atoms with E-state index in [9.17, 15) is 18.4 Å². The number of thiophene rings is 1. The Morgan fingerprint density at radius 3 is 2.70 bits per heavy atom. The molecule has 110 valence electrons. The maximum atomic E-state index is 12.2. The van der Waals surface area contributed by atoms with Crippen molar-refractivity contribution in [3.8, 4) is 5.75 Å². The average molecular weight is 305 g/mol. The van der Waals surface area contributed by atoms with Crippen LogP contribution in [0.2, 0.25) is 0 Å². The second kappa shape index (κ2) is 5.35. The fourth-order valence-corrected chi connectivity index (χ4v) is 2.64. The molecule has 1 aliphatic carbocycles. The summed E-state index contributed by atoms with van der Waals surface area (Å²) in [5.74, 6) is -1.73. The Morgan fingerprint density at radius 2 is 2.20 bits per heavy atom. The molecule has 1 aliphatic rings. The van der Waals surface area contributed by atoms with Crippen molar-refractivity contribution in [2.24, 2.45) is 5.41 Å². The van der Waals surface area contributed by atoms with Crippen LogP contribution in [0.15, 0.2) is 6.07 Å². The molecule has 1 aromatic heterocycles. The second-order valence-corrected chi connectivity index (χ2v) is 5.95. The van der Waals surface area contributed by atoms with Crippen molar-refractivity contribution in [3.05, 3.63) is 15.8 Å². The highest BCUT2D eigenvalue weighted by Crippen LogP contribution is 2.45. The zero-order chi connectivity index (χ0) is 14.9. The monoisotopic (exact) mass is 305 g/mol. The first-order valence-corrected chi connectivity index (χ1v) is 6.72. The lowest BCUT2D eigenvalue weighted by molar-refractivity contribution is -0.143. The number of aryl methyl sites for hydroxylation is 1. The standard InChI is InChI=1S/C12H13F2NO4S/c1-6-4-7(19-11(13)14)8(20-6)9(16)15-5-12(2-3-12)10(17)18/h4,11H,2-3,5H2,1H3,(H,15,16)(H,17,18). The number of carboxylic acid groups (broad SMARTS) is 1. The summed E-state index contributed by atoms with van der Waals surface area (Å²) < 4.78 is 28.8. The van der Waals surface area contributed by atoms with Crippen LogP contribution in [0.1, 0.15) is 27.4 Å². The Balaban J connectivity index is 2.04. The summed E-state index contributed by atoms with van der Waals surface area (Å²) in [5.41, 5.74) is -0.897. The van der Waals surface area contributed by atoms with Crippen LogP contribution in [0.4, 0.5) is 8.78 Å². The smallest absolute Gasteiger partial charge is 0.387 e. The molecule has 1 heterocycles. The van der Waals surface area contributed by atoms with Gasteiger partial charge in [-0.2, -0.15) is 8.78 Å². The molecule has 20 heavy (non-hydrogen) atoms. The first-order valence-electron chi connectivity index (χ1n) is 5.91. The van der Waals surface area contributed by atoms with Crippen molar-refractivity contribution in [3.63, 3.8) is 0 Å². The first-order chi connectivity index (χ1) is 9.34. The van der Waals surface area contributed by atoms with Crippen molar-refractivity contribution in [2.45, 2.75) is 26.4 Å². The molecule has 0 spiro atoms. The third-order valence-electron chi connectivity index (χ3n) is 3.14. The van der Waals surface area contributed by atoms with Gasteiger partial charge in [0.05, 0.1) is 5.41 Å². The number of hydrogen-bond donors (Lipinski definition) is 2. The van der Waals surface area contributed by atoms with Crippen LogP contribution in [0.3, 0.4) is 0 Å². The zero-order valence-corrected chi connectivity index (χ0v) is 11.4. The first kappa shape index (κ1) is 14.7. The molecular formula is C12H13F2NO4S. The third kappa shape index (κ3) is 3.06. The van der Waals surface area contributed by atoms with Gasteiger partial charge < -0.3 is 15.2 Å². The Morgan fingerprint density at radius 1 is 1.55 bits per heavy atom. The summed E-state index contributed by atoms with van der Waals surface area (Å²) in [6.45, 7) is -1.35. The van der Waals surface area contributed by atoms with Gasteiger partial charge in [0.2, 0.25) is 0 Å². The Labute approximate surface area is 117 Å². The summed E-state index contributed by atoms with van der Waals surface area (Å²) in [5, 5.41) is 11.5. The van der Waals surface area contributed by atoms with Gasteiger partial charge >= 0.3 is 12.6 Å². The number of carbonyl (C=O) groups is 2. The molecule has 2 rings (SSSR count). The topological polar surface area (TPSA) is 75.6 Å². The zero-order valence-electron chi connectivity index (χ0n) is 10.6. The Kier molecular flexibility index (Phi) is 3.94. The van der Waals surface area contributed by atoms with Crippen molar-refractivity contribution in [1.82, 2.24) is 5.32 Å². The molecule has 0 aromatic carbocycles. The van der Waals surface area contributed by atoms with Crippen molar-refractivity contribution in [2.75, 3.05) is 6.54 Å². The summed E-state index contributed by atoms with van der Waals surface area (Å²) in [7, 11) is 0. The van der Waals surface area contributed by atoms with E-state index >= 15 is 0 Å². The number of rotatable bonds is 6. The van der Waals surface area contributed by atoms with E-state index in [1.807, 2.05) is 0 Å². The van der Waals surface area contributed by atoms with Gasteiger partial charge in [-0.1, -0.05) is 0 Å². The quantitative estimate of drug-likeness (QED) is 0.845. The minimum Gasteiger partial charge on any atom is -0.481 e. The number of halogens is 2. The lowest BCUT2D eigenvalue weighted by Crippen LogP contribution is -2.34. The van der Waals surface area contributed by atoms with Crippen LogP contribution in [-0.2, 0) is 4.79 Å². The van der Waals surface area contributed by atoms with Crippen LogP contribution in [0.5, 0.6) is 5.75 Å². The van der Waals surface area contributed by atoms with Crippen molar-refractivity contribution < 1.29 is 28.2 Å². The predicted octanol–water partition coefficient (Wildman–Crippen LogP) is 2.25. The molecule has 2 N–H and O–H groups in total. The number of carboxylic acids is 1.